The van der Waals surface area contributed by atoms with Gasteiger partial charge in [-0.2, -0.15) is 0 Å². The molecule has 0 spiro atoms. The number of imide groups is 1. The molecule has 0 aromatic heterocycles. The SMILES string of the molecule is CC(NC(=O)N(C=O)CCCN)Oc1ccccc1C(C)C. The van der Waals surface area contributed by atoms with Crippen molar-refractivity contribution in [2.24, 2.45) is 5.73 Å². The van der Waals surface area contributed by atoms with Gasteiger partial charge in [0.25, 0.3) is 0 Å². The van der Waals surface area contributed by atoms with E-state index in [1.54, 1.807) is 6.92 Å². The highest BCUT2D eigenvalue weighted by Crippen LogP contribution is 2.26. The Kier molecular flexibility index (Phi) is 7.39. The van der Waals surface area contributed by atoms with Crippen LogP contribution < -0.4 is 15.8 Å². The van der Waals surface area contributed by atoms with Gasteiger partial charge in [-0.3, -0.25) is 9.69 Å². The second-order valence-corrected chi connectivity index (χ2v) is 5.34. The van der Waals surface area contributed by atoms with Crippen molar-refractivity contribution in [2.45, 2.75) is 39.3 Å². The van der Waals surface area contributed by atoms with Crippen molar-refractivity contribution in [2.75, 3.05) is 13.1 Å². The number of rotatable bonds is 8. The Hall–Kier alpha value is -2.08. The third kappa shape index (κ3) is 5.37. The summed E-state index contributed by atoms with van der Waals surface area (Å²) >= 11 is 0. The number of ether oxygens (including phenoxy) is 1. The fourth-order valence-corrected chi connectivity index (χ4v) is 2.01. The van der Waals surface area contributed by atoms with Gasteiger partial charge in [-0.25, -0.2) is 4.79 Å². The summed E-state index contributed by atoms with van der Waals surface area (Å²) in [6.45, 7) is 6.59. The van der Waals surface area contributed by atoms with Crippen LogP contribution in [-0.2, 0) is 4.79 Å². The fourth-order valence-electron chi connectivity index (χ4n) is 2.01. The second kappa shape index (κ2) is 9.04. The highest BCUT2D eigenvalue weighted by atomic mass is 16.5. The van der Waals surface area contributed by atoms with Crippen molar-refractivity contribution in [1.29, 1.82) is 0 Å². The van der Waals surface area contributed by atoms with Crippen LogP contribution >= 0.6 is 0 Å². The van der Waals surface area contributed by atoms with Crippen LogP contribution in [0.5, 0.6) is 5.75 Å². The molecule has 3 amide bonds. The predicted octanol–water partition coefficient (Wildman–Crippen LogP) is 2.05. The van der Waals surface area contributed by atoms with Crippen molar-refractivity contribution in [3.63, 3.8) is 0 Å². The summed E-state index contributed by atoms with van der Waals surface area (Å²) in [5, 5.41) is 2.65. The summed E-state index contributed by atoms with van der Waals surface area (Å²) in [6.07, 6.45) is 0.518. The molecule has 0 aliphatic carbocycles. The first-order chi connectivity index (χ1) is 10.5. The number of nitrogens with two attached hydrogens (primary N) is 1. The average molecular weight is 307 g/mol. The highest BCUT2D eigenvalue weighted by Gasteiger charge is 2.16. The number of amides is 3. The maximum atomic E-state index is 12.0. The zero-order valence-electron chi connectivity index (χ0n) is 13.4. The molecule has 6 nitrogen and oxygen atoms in total. The van der Waals surface area contributed by atoms with Gasteiger partial charge in [0, 0.05) is 6.54 Å². The lowest BCUT2D eigenvalue weighted by molar-refractivity contribution is -0.115. The summed E-state index contributed by atoms with van der Waals surface area (Å²) in [5.41, 5.74) is 6.45. The summed E-state index contributed by atoms with van der Waals surface area (Å²) in [5.74, 6) is 1.04. The minimum atomic E-state index is -0.548. The van der Waals surface area contributed by atoms with Gasteiger partial charge in [-0.05, 0) is 37.4 Å². The van der Waals surface area contributed by atoms with Gasteiger partial charge >= 0.3 is 6.03 Å². The van der Waals surface area contributed by atoms with Crippen molar-refractivity contribution < 1.29 is 14.3 Å². The predicted molar refractivity (Wildman–Crippen MR) is 85.6 cm³/mol. The van der Waals surface area contributed by atoms with E-state index >= 15 is 0 Å². The molecule has 0 radical (unpaired) electrons. The summed E-state index contributed by atoms with van der Waals surface area (Å²) in [6, 6.07) is 7.21. The first-order valence-corrected chi connectivity index (χ1v) is 7.47. The van der Waals surface area contributed by atoms with Gasteiger partial charge < -0.3 is 15.8 Å². The second-order valence-electron chi connectivity index (χ2n) is 5.34. The molecular weight excluding hydrogens is 282 g/mol. The van der Waals surface area contributed by atoms with E-state index in [-0.39, 0.29) is 0 Å². The molecule has 0 bridgehead atoms. The molecule has 0 saturated heterocycles. The summed E-state index contributed by atoms with van der Waals surface area (Å²) in [4.78, 5) is 23.9. The van der Waals surface area contributed by atoms with Crippen molar-refractivity contribution in [3.05, 3.63) is 29.8 Å². The average Bonchev–Trinajstić information content (AvgIpc) is 2.48. The Morgan fingerprint density at radius 3 is 2.64 bits per heavy atom. The smallest absolute Gasteiger partial charge is 0.326 e. The number of para-hydroxylation sites is 1. The van der Waals surface area contributed by atoms with Crippen LogP contribution in [0, 0.1) is 0 Å². The Labute approximate surface area is 131 Å². The van der Waals surface area contributed by atoms with Crippen molar-refractivity contribution >= 4 is 12.4 Å². The molecule has 1 atom stereocenters. The molecule has 0 aliphatic heterocycles. The van der Waals surface area contributed by atoms with Crippen LogP contribution in [0.15, 0.2) is 24.3 Å². The van der Waals surface area contributed by atoms with E-state index < -0.39 is 12.3 Å². The van der Waals surface area contributed by atoms with E-state index in [4.69, 9.17) is 10.5 Å². The largest absolute Gasteiger partial charge is 0.471 e. The maximum absolute atomic E-state index is 12.0. The standard InChI is InChI=1S/C16H25N3O3/c1-12(2)14-7-4-5-8-15(14)22-13(3)18-16(21)19(11-20)10-6-9-17/h4-5,7-8,11-13H,6,9-10,17H2,1-3H3,(H,18,21). The summed E-state index contributed by atoms with van der Waals surface area (Å²) < 4.78 is 5.78. The van der Waals surface area contributed by atoms with E-state index in [1.165, 1.54) is 0 Å². The molecular formula is C16H25N3O3. The minimum Gasteiger partial charge on any atom is -0.471 e. The van der Waals surface area contributed by atoms with Crippen LogP contribution in [0.1, 0.15) is 38.7 Å². The van der Waals surface area contributed by atoms with Gasteiger partial charge in [-0.1, -0.05) is 32.0 Å². The van der Waals surface area contributed by atoms with Crippen LogP contribution in [0.25, 0.3) is 0 Å². The Morgan fingerprint density at radius 1 is 1.36 bits per heavy atom. The lowest BCUT2D eigenvalue weighted by Crippen LogP contribution is -2.46. The van der Waals surface area contributed by atoms with E-state index in [0.29, 0.717) is 31.8 Å². The van der Waals surface area contributed by atoms with Crippen molar-refractivity contribution in [3.8, 4) is 5.75 Å². The van der Waals surface area contributed by atoms with Gasteiger partial charge in [0.15, 0.2) is 6.23 Å². The number of nitrogens with one attached hydrogen (secondary N) is 1. The molecule has 0 saturated carbocycles. The van der Waals surface area contributed by atoms with Gasteiger partial charge in [0.1, 0.15) is 5.75 Å². The molecule has 0 fully saturated rings. The molecule has 0 heterocycles. The van der Waals surface area contributed by atoms with Crippen molar-refractivity contribution in [1.82, 2.24) is 10.2 Å². The summed E-state index contributed by atoms with van der Waals surface area (Å²) in [7, 11) is 0. The van der Waals surface area contributed by atoms with Gasteiger partial charge in [-0.15, -0.1) is 0 Å². The maximum Gasteiger partial charge on any atom is 0.326 e. The fraction of sp³-hybridized carbons (Fsp3) is 0.500. The number of hydrogen-bond donors (Lipinski definition) is 2. The normalized spacial score (nSPS) is 11.9. The van der Waals surface area contributed by atoms with Gasteiger partial charge in [0.2, 0.25) is 6.41 Å². The quantitative estimate of drug-likeness (QED) is 0.568. The third-order valence-corrected chi connectivity index (χ3v) is 3.16. The molecule has 1 aromatic rings. The van der Waals surface area contributed by atoms with E-state index in [9.17, 15) is 9.59 Å². The number of hydrogen-bond acceptors (Lipinski definition) is 4. The topological polar surface area (TPSA) is 84.7 Å². The number of benzene rings is 1. The Bertz CT molecular complexity index is 491. The van der Waals surface area contributed by atoms with Crippen LogP contribution in [0.2, 0.25) is 0 Å². The van der Waals surface area contributed by atoms with Crippen LogP contribution in [0.3, 0.4) is 0 Å². The van der Waals surface area contributed by atoms with Crippen LogP contribution in [-0.4, -0.2) is 36.7 Å². The zero-order valence-corrected chi connectivity index (χ0v) is 13.4. The Morgan fingerprint density at radius 2 is 2.05 bits per heavy atom. The lowest BCUT2D eigenvalue weighted by Gasteiger charge is -2.22. The zero-order chi connectivity index (χ0) is 16.5. The lowest BCUT2D eigenvalue weighted by atomic mass is 10.0. The van der Waals surface area contributed by atoms with Gasteiger partial charge in [0.05, 0.1) is 0 Å². The van der Waals surface area contributed by atoms with E-state index in [0.717, 1.165) is 16.2 Å². The Balaban J connectivity index is 2.64. The molecule has 1 unspecified atom stereocenters. The molecule has 1 rings (SSSR count). The number of carbonyl (C=O) groups is 2. The monoisotopic (exact) mass is 307 g/mol. The highest BCUT2D eigenvalue weighted by molar-refractivity contribution is 5.84. The molecule has 1 aromatic carbocycles. The van der Waals surface area contributed by atoms with Crippen LogP contribution in [0.4, 0.5) is 4.79 Å². The first kappa shape index (κ1) is 18.0. The molecule has 3 N–H and O–H groups in total. The number of nitrogens with zero attached hydrogens (tertiary/aromatic N) is 1. The molecule has 0 aliphatic rings. The number of carbonyl (C=O) groups excluding carboxylic acids is 2. The first-order valence-electron chi connectivity index (χ1n) is 7.47. The van der Waals surface area contributed by atoms with E-state index in [1.807, 2.05) is 24.3 Å². The minimum absolute atomic E-state index is 0.293. The van der Waals surface area contributed by atoms with E-state index in [2.05, 4.69) is 19.2 Å². The molecule has 122 valence electrons. The number of urea groups is 1. The molecule has 22 heavy (non-hydrogen) atoms. The molecule has 6 heteroatoms. The third-order valence-electron chi connectivity index (χ3n) is 3.16.